The van der Waals surface area contributed by atoms with E-state index in [1.54, 1.807) is 24.3 Å². The Morgan fingerprint density at radius 3 is 2.71 bits per heavy atom. The molecule has 0 spiro atoms. The monoisotopic (exact) mass is 345 g/mol. The van der Waals surface area contributed by atoms with Crippen molar-refractivity contribution in [2.45, 2.75) is 38.4 Å². The van der Waals surface area contributed by atoms with Gasteiger partial charge in [-0.05, 0) is 61.6 Å². The number of nitrogen functional groups attached to an aromatic ring is 1. The summed E-state index contributed by atoms with van der Waals surface area (Å²) in [4.78, 5) is 12.2. The van der Waals surface area contributed by atoms with Crippen LogP contribution >= 0.6 is 11.6 Å². The van der Waals surface area contributed by atoms with Gasteiger partial charge in [-0.2, -0.15) is 0 Å². The molecule has 2 N–H and O–H groups in total. The summed E-state index contributed by atoms with van der Waals surface area (Å²) >= 11 is 5.96. The van der Waals surface area contributed by atoms with Crippen molar-refractivity contribution in [3.05, 3.63) is 58.6 Å². The number of rotatable bonds is 5. The first kappa shape index (κ1) is 16.7. The Kier molecular flexibility index (Phi) is 5.26. The second-order valence-corrected chi connectivity index (χ2v) is 6.42. The molecule has 2 aromatic carbocycles. The SMILES string of the molecule is Nc1ccc(C(=O)OC2CCCC2)cc1OCc1cccc(Cl)c1. The Hall–Kier alpha value is -2.20. The van der Waals surface area contributed by atoms with E-state index in [4.69, 9.17) is 26.8 Å². The van der Waals surface area contributed by atoms with Crippen LogP contribution in [0.3, 0.4) is 0 Å². The number of nitrogens with two attached hydrogens (primary N) is 1. The summed E-state index contributed by atoms with van der Waals surface area (Å²) in [6, 6.07) is 12.4. The van der Waals surface area contributed by atoms with Gasteiger partial charge in [0.05, 0.1) is 11.3 Å². The standard InChI is InChI=1S/C19H20ClNO3/c20-15-5-3-4-13(10-15)12-23-18-11-14(8-9-17(18)21)19(22)24-16-6-1-2-7-16/h3-5,8-11,16H,1-2,6-7,12,21H2. The second kappa shape index (κ2) is 7.58. The number of carbonyl (C=O) groups is 1. The molecule has 4 nitrogen and oxygen atoms in total. The second-order valence-electron chi connectivity index (χ2n) is 5.98. The number of anilines is 1. The van der Waals surface area contributed by atoms with Crippen LogP contribution in [-0.4, -0.2) is 12.1 Å². The molecule has 1 aliphatic rings. The summed E-state index contributed by atoms with van der Waals surface area (Å²) < 4.78 is 11.3. The number of carbonyl (C=O) groups excluding carboxylic acids is 1. The fourth-order valence-electron chi connectivity index (χ4n) is 2.80. The lowest BCUT2D eigenvalue weighted by molar-refractivity contribution is 0.0317. The smallest absolute Gasteiger partial charge is 0.338 e. The number of hydrogen-bond donors (Lipinski definition) is 1. The Balaban J connectivity index is 1.67. The number of esters is 1. The van der Waals surface area contributed by atoms with E-state index in [0.29, 0.717) is 28.6 Å². The van der Waals surface area contributed by atoms with Crippen LogP contribution in [0.4, 0.5) is 5.69 Å². The molecular weight excluding hydrogens is 326 g/mol. The molecule has 0 aliphatic heterocycles. The van der Waals surface area contributed by atoms with E-state index in [0.717, 1.165) is 31.2 Å². The minimum Gasteiger partial charge on any atom is -0.487 e. The van der Waals surface area contributed by atoms with Crippen LogP contribution < -0.4 is 10.5 Å². The first-order valence-corrected chi connectivity index (χ1v) is 8.47. The lowest BCUT2D eigenvalue weighted by atomic mass is 10.2. The molecule has 0 heterocycles. The van der Waals surface area contributed by atoms with Gasteiger partial charge in [0, 0.05) is 5.02 Å². The van der Waals surface area contributed by atoms with Crippen LogP contribution in [0.2, 0.25) is 5.02 Å². The van der Waals surface area contributed by atoms with Crippen LogP contribution in [0.25, 0.3) is 0 Å². The summed E-state index contributed by atoms with van der Waals surface area (Å²) in [6.07, 6.45) is 4.16. The molecular formula is C19H20ClNO3. The highest BCUT2D eigenvalue weighted by molar-refractivity contribution is 6.30. The maximum absolute atomic E-state index is 12.2. The largest absolute Gasteiger partial charge is 0.487 e. The number of hydrogen-bond acceptors (Lipinski definition) is 4. The summed E-state index contributed by atoms with van der Waals surface area (Å²) in [7, 11) is 0. The van der Waals surface area contributed by atoms with Crippen molar-refractivity contribution in [1.29, 1.82) is 0 Å². The molecule has 1 fully saturated rings. The summed E-state index contributed by atoms with van der Waals surface area (Å²) in [5, 5.41) is 0.651. The minimum absolute atomic E-state index is 0.0332. The fraction of sp³-hybridized carbons (Fsp3) is 0.316. The lowest BCUT2D eigenvalue weighted by Gasteiger charge is -2.13. The third-order valence-corrected chi connectivity index (χ3v) is 4.34. The van der Waals surface area contributed by atoms with E-state index in [2.05, 4.69) is 0 Å². The van der Waals surface area contributed by atoms with Crippen LogP contribution in [0, 0.1) is 0 Å². The van der Waals surface area contributed by atoms with Gasteiger partial charge in [-0.15, -0.1) is 0 Å². The van der Waals surface area contributed by atoms with Crippen LogP contribution in [-0.2, 0) is 11.3 Å². The molecule has 0 atom stereocenters. The highest BCUT2D eigenvalue weighted by atomic mass is 35.5. The van der Waals surface area contributed by atoms with Crippen molar-refractivity contribution in [1.82, 2.24) is 0 Å². The van der Waals surface area contributed by atoms with Crippen LogP contribution in [0.1, 0.15) is 41.6 Å². The topological polar surface area (TPSA) is 61.6 Å². The zero-order valence-corrected chi connectivity index (χ0v) is 14.1. The Bertz CT molecular complexity index is 726. The third-order valence-electron chi connectivity index (χ3n) is 4.11. The number of benzene rings is 2. The summed E-state index contributed by atoms with van der Waals surface area (Å²) in [5.41, 5.74) is 7.81. The predicted octanol–water partition coefficient (Wildman–Crippen LogP) is 4.60. The van der Waals surface area contributed by atoms with E-state index in [1.807, 2.05) is 18.2 Å². The maximum Gasteiger partial charge on any atom is 0.338 e. The molecule has 1 aliphatic carbocycles. The maximum atomic E-state index is 12.2. The molecule has 24 heavy (non-hydrogen) atoms. The molecule has 0 aromatic heterocycles. The van der Waals surface area contributed by atoms with Gasteiger partial charge in [-0.25, -0.2) is 4.79 Å². The van der Waals surface area contributed by atoms with Crippen molar-refractivity contribution in [2.75, 3.05) is 5.73 Å². The molecule has 0 bridgehead atoms. The first-order valence-electron chi connectivity index (χ1n) is 8.09. The molecule has 1 saturated carbocycles. The summed E-state index contributed by atoms with van der Waals surface area (Å²) in [5.74, 6) is 0.144. The molecule has 126 valence electrons. The van der Waals surface area contributed by atoms with Crippen molar-refractivity contribution in [3.63, 3.8) is 0 Å². The summed E-state index contributed by atoms with van der Waals surface area (Å²) in [6.45, 7) is 0.325. The van der Waals surface area contributed by atoms with Gasteiger partial charge in [0.1, 0.15) is 18.5 Å². The highest BCUT2D eigenvalue weighted by Crippen LogP contribution is 2.26. The van der Waals surface area contributed by atoms with E-state index in [1.165, 1.54) is 0 Å². The minimum atomic E-state index is -0.325. The number of ether oxygens (including phenoxy) is 2. The van der Waals surface area contributed by atoms with E-state index < -0.39 is 0 Å². The van der Waals surface area contributed by atoms with Crippen LogP contribution in [0.5, 0.6) is 5.75 Å². The molecule has 3 rings (SSSR count). The molecule has 0 radical (unpaired) electrons. The molecule has 2 aromatic rings. The lowest BCUT2D eigenvalue weighted by Crippen LogP contribution is -2.15. The van der Waals surface area contributed by atoms with E-state index in [-0.39, 0.29) is 12.1 Å². The van der Waals surface area contributed by atoms with Gasteiger partial charge in [-0.1, -0.05) is 23.7 Å². The zero-order chi connectivity index (χ0) is 16.9. The van der Waals surface area contributed by atoms with E-state index >= 15 is 0 Å². The normalized spacial score (nSPS) is 14.5. The Labute approximate surface area is 146 Å². The first-order chi connectivity index (χ1) is 11.6. The van der Waals surface area contributed by atoms with Gasteiger partial charge < -0.3 is 15.2 Å². The van der Waals surface area contributed by atoms with Gasteiger partial charge in [0.2, 0.25) is 0 Å². The van der Waals surface area contributed by atoms with Crippen molar-refractivity contribution >= 4 is 23.3 Å². The average Bonchev–Trinajstić information content (AvgIpc) is 3.07. The van der Waals surface area contributed by atoms with E-state index in [9.17, 15) is 4.79 Å². The van der Waals surface area contributed by atoms with Crippen molar-refractivity contribution in [3.8, 4) is 5.75 Å². The van der Waals surface area contributed by atoms with Gasteiger partial charge >= 0.3 is 5.97 Å². The van der Waals surface area contributed by atoms with Crippen molar-refractivity contribution in [2.24, 2.45) is 0 Å². The predicted molar refractivity (Wildman–Crippen MR) is 94.3 cm³/mol. The fourth-order valence-corrected chi connectivity index (χ4v) is 3.01. The average molecular weight is 346 g/mol. The molecule has 0 unspecified atom stereocenters. The van der Waals surface area contributed by atoms with Crippen molar-refractivity contribution < 1.29 is 14.3 Å². The van der Waals surface area contributed by atoms with Crippen LogP contribution in [0.15, 0.2) is 42.5 Å². The highest BCUT2D eigenvalue weighted by Gasteiger charge is 2.20. The zero-order valence-electron chi connectivity index (χ0n) is 13.3. The van der Waals surface area contributed by atoms with Gasteiger partial charge in [-0.3, -0.25) is 0 Å². The third kappa shape index (κ3) is 4.20. The number of halogens is 1. The molecule has 0 amide bonds. The molecule has 0 saturated heterocycles. The Morgan fingerprint density at radius 1 is 1.17 bits per heavy atom. The quantitative estimate of drug-likeness (QED) is 0.635. The van der Waals surface area contributed by atoms with Gasteiger partial charge in [0.25, 0.3) is 0 Å². The molecule has 5 heteroatoms. The Morgan fingerprint density at radius 2 is 1.96 bits per heavy atom. The van der Waals surface area contributed by atoms with Gasteiger partial charge in [0.15, 0.2) is 0 Å².